The van der Waals surface area contributed by atoms with Gasteiger partial charge in [-0.3, -0.25) is 14.6 Å². The molecule has 0 aromatic carbocycles. The van der Waals surface area contributed by atoms with Crippen LogP contribution in [0, 0.1) is 0 Å². The Balaban J connectivity index is 0.000000379. The highest BCUT2D eigenvalue weighted by Crippen LogP contribution is 2.25. The van der Waals surface area contributed by atoms with Crippen molar-refractivity contribution in [2.45, 2.75) is 56.9 Å². The van der Waals surface area contributed by atoms with Crippen molar-refractivity contribution in [2.75, 3.05) is 26.2 Å². The van der Waals surface area contributed by atoms with E-state index in [1.165, 1.54) is 44.6 Å². The molecular formula is C24H28F9N5O6. The molecule has 44 heavy (non-hydrogen) atoms. The van der Waals surface area contributed by atoms with E-state index in [4.69, 9.17) is 29.7 Å². The van der Waals surface area contributed by atoms with E-state index < -0.39 is 36.4 Å². The van der Waals surface area contributed by atoms with E-state index in [0.29, 0.717) is 6.04 Å². The van der Waals surface area contributed by atoms with Crippen molar-refractivity contribution in [3.8, 4) is 0 Å². The number of likely N-dealkylation sites (tertiary alicyclic amines) is 1. The Kier molecular flexibility index (Phi) is 14.5. The highest BCUT2D eigenvalue weighted by molar-refractivity contribution is 5.73. The van der Waals surface area contributed by atoms with E-state index in [9.17, 15) is 39.5 Å². The Morgan fingerprint density at radius 2 is 1.27 bits per heavy atom. The molecule has 2 aliphatic heterocycles. The number of nitrogens with zero attached hydrogens (tertiary/aromatic N) is 5. The minimum atomic E-state index is -5.08. The molecule has 1 saturated heterocycles. The predicted molar refractivity (Wildman–Crippen MR) is 131 cm³/mol. The quantitative estimate of drug-likeness (QED) is 0.401. The lowest BCUT2D eigenvalue weighted by molar-refractivity contribution is -0.193. The molecule has 0 amide bonds. The first-order valence-electron chi connectivity index (χ1n) is 12.5. The normalized spacial score (nSPS) is 17.1. The highest BCUT2D eigenvalue weighted by Gasteiger charge is 2.39. The van der Waals surface area contributed by atoms with Crippen molar-refractivity contribution in [1.82, 2.24) is 24.6 Å². The van der Waals surface area contributed by atoms with Crippen molar-refractivity contribution in [3.63, 3.8) is 0 Å². The van der Waals surface area contributed by atoms with Crippen LogP contribution in [0.5, 0.6) is 0 Å². The number of pyridine rings is 1. The van der Waals surface area contributed by atoms with Gasteiger partial charge >= 0.3 is 36.4 Å². The number of rotatable bonds is 5. The topological polar surface area (TPSA) is 149 Å². The first-order valence-corrected chi connectivity index (χ1v) is 12.5. The van der Waals surface area contributed by atoms with Gasteiger partial charge in [-0.1, -0.05) is 6.07 Å². The third kappa shape index (κ3) is 14.5. The van der Waals surface area contributed by atoms with E-state index in [1.54, 1.807) is 0 Å². The number of halogens is 9. The lowest BCUT2D eigenvalue weighted by Gasteiger charge is -2.34. The van der Waals surface area contributed by atoms with Gasteiger partial charge in [-0.15, -0.1) is 0 Å². The zero-order valence-electron chi connectivity index (χ0n) is 22.6. The van der Waals surface area contributed by atoms with Crippen LogP contribution in [0.3, 0.4) is 0 Å². The summed E-state index contributed by atoms with van der Waals surface area (Å²) in [6.07, 6.45) is -7.50. The van der Waals surface area contributed by atoms with Gasteiger partial charge in [0.1, 0.15) is 0 Å². The molecular weight excluding hydrogens is 625 g/mol. The highest BCUT2D eigenvalue weighted by atomic mass is 19.4. The monoisotopic (exact) mass is 653 g/mol. The Morgan fingerprint density at radius 3 is 1.70 bits per heavy atom. The van der Waals surface area contributed by atoms with Crippen molar-refractivity contribution < 1.29 is 69.2 Å². The van der Waals surface area contributed by atoms with Gasteiger partial charge in [-0.05, 0) is 50.6 Å². The average molecular weight is 653 g/mol. The van der Waals surface area contributed by atoms with Crippen LogP contribution in [-0.2, 0) is 27.5 Å². The summed E-state index contributed by atoms with van der Waals surface area (Å²) >= 11 is 0. The van der Waals surface area contributed by atoms with E-state index >= 15 is 0 Å². The number of hydrogen-bond acceptors (Lipinski definition) is 7. The molecule has 2 aromatic heterocycles. The Hall–Kier alpha value is -3.94. The summed E-state index contributed by atoms with van der Waals surface area (Å²) in [4.78, 5) is 36.3. The lowest BCUT2D eigenvalue weighted by atomic mass is 10.1. The van der Waals surface area contributed by atoms with E-state index in [2.05, 4.69) is 42.8 Å². The van der Waals surface area contributed by atoms with Gasteiger partial charge in [0, 0.05) is 38.6 Å². The number of fused-ring (bicyclic) bond motifs is 1. The number of hydrogen-bond donors (Lipinski definition) is 3. The lowest BCUT2D eigenvalue weighted by Crippen LogP contribution is -2.38. The molecule has 0 spiro atoms. The Morgan fingerprint density at radius 1 is 0.773 bits per heavy atom. The fourth-order valence-electron chi connectivity index (χ4n) is 3.86. The molecule has 0 radical (unpaired) electrons. The third-order valence-electron chi connectivity index (χ3n) is 5.77. The molecule has 0 bridgehead atoms. The van der Waals surface area contributed by atoms with Crippen molar-refractivity contribution >= 4 is 17.9 Å². The summed E-state index contributed by atoms with van der Waals surface area (Å²) < 4.78 is 97.5. The van der Waals surface area contributed by atoms with Crippen LogP contribution < -0.4 is 0 Å². The molecule has 1 unspecified atom stereocenters. The van der Waals surface area contributed by atoms with E-state index in [0.717, 1.165) is 25.3 Å². The average Bonchev–Trinajstić information content (AvgIpc) is 3.60. The van der Waals surface area contributed by atoms with Gasteiger partial charge in [0.25, 0.3) is 0 Å². The van der Waals surface area contributed by atoms with Crippen molar-refractivity contribution in [2.24, 2.45) is 0 Å². The summed E-state index contributed by atoms with van der Waals surface area (Å²) in [5.74, 6) is -8.27. The molecule has 11 nitrogen and oxygen atoms in total. The van der Waals surface area contributed by atoms with Crippen LogP contribution in [0.2, 0.25) is 0 Å². The molecule has 20 heteroatoms. The smallest absolute Gasteiger partial charge is 0.475 e. The third-order valence-corrected chi connectivity index (χ3v) is 5.77. The van der Waals surface area contributed by atoms with Crippen LogP contribution >= 0.6 is 0 Å². The predicted octanol–water partition coefficient (Wildman–Crippen LogP) is 4.22. The molecule has 1 fully saturated rings. The fraction of sp³-hybridized carbons (Fsp3) is 0.542. The Bertz CT molecular complexity index is 1130. The minimum Gasteiger partial charge on any atom is -0.475 e. The molecule has 4 rings (SSSR count). The van der Waals surface area contributed by atoms with Gasteiger partial charge in [-0.25, -0.2) is 14.4 Å². The maximum atomic E-state index is 10.6. The van der Waals surface area contributed by atoms with Crippen LogP contribution in [-0.4, -0.2) is 102 Å². The van der Waals surface area contributed by atoms with Crippen LogP contribution in [0.25, 0.3) is 0 Å². The zero-order valence-corrected chi connectivity index (χ0v) is 22.6. The maximum absolute atomic E-state index is 10.6. The molecule has 248 valence electrons. The summed E-state index contributed by atoms with van der Waals surface area (Å²) in [5, 5.41) is 26.0. The van der Waals surface area contributed by atoms with Crippen LogP contribution in [0.1, 0.15) is 36.7 Å². The number of carboxylic acids is 3. The fourth-order valence-corrected chi connectivity index (χ4v) is 3.86. The molecule has 4 heterocycles. The second-order valence-corrected chi connectivity index (χ2v) is 9.16. The second-order valence-electron chi connectivity index (χ2n) is 9.16. The minimum absolute atomic E-state index is 0.484. The summed E-state index contributed by atoms with van der Waals surface area (Å²) in [7, 11) is 0. The zero-order chi connectivity index (χ0) is 33.7. The molecule has 2 aromatic rings. The van der Waals surface area contributed by atoms with Gasteiger partial charge < -0.3 is 20.2 Å². The van der Waals surface area contributed by atoms with Crippen molar-refractivity contribution in [3.05, 3.63) is 48.0 Å². The number of aromatic nitrogens is 3. The van der Waals surface area contributed by atoms with E-state index in [-0.39, 0.29) is 0 Å². The molecule has 2 aliphatic rings. The van der Waals surface area contributed by atoms with Gasteiger partial charge in [0.15, 0.2) is 0 Å². The summed E-state index contributed by atoms with van der Waals surface area (Å²) in [5.41, 5.74) is 2.48. The van der Waals surface area contributed by atoms with E-state index in [1.807, 2.05) is 18.5 Å². The van der Waals surface area contributed by atoms with Crippen LogP contribution in [0.4, 0.5) is 39.5 Å². The van der Waals surface area contributed by atoms with Gasteiger partial charge in [0.05, 0.1) is 17.4 Å². The molecule has 0 aliphatic carbocycles. The first-order chi connectivity index (χ1) is 20.2. The van der Waals surface area contributed by atoms with Gasteiger partial charge in [0.2, 0.25) is 0 Å². The molecule has 0 saturated carbocycles. The van der Waals surface area contributed by atoms with Gasteiger partial charge in [-0.2, -0.15) is 44.6 Å². The number of alkyl halides is 9. The number of carboxylic acid groups (broad SMARTS) is 3. The molecule has 1 atom stereocenters. The first kappa shape index (κ1) is 38.1. The standard InChI is InChI=1S/C18H25N5.3C2HF3O2/c1-2-8-19-16(5-1)13-22-14-17-6-9-20-23(17)18(15-22)7-12-21-10-3-4-11-21;3*3-2(4,5)1(6)7/h1-2,5-6,8-9,18H,3-4,7,10-15H2;3*(H,6,7). The second kappa shape index (κ2) is 16.8. The Labute approximate surface area is 243 Å². The number of carbonyl (C=O) groups is 3. The maximum Gasteiger partial charge on any atom is 0.490 e. The molecule has 3 N–H and O–H groups in total. The summed E-state index contributed by atoms with van der Waals surface area (Å²) in [6.45, 7) is 6.70. The SMILES string of the molecule is O=C(O)C(F)(F)F.O=C(O)C(F)(F)F.O=C(O)C(F)(F)F.c1ccc(CN2Cc3ccnn3C(CCN3CCCC3)C2)nc1. The number of aliphatic carboxylic acids is 3. The van der Waals surface area contributed by atoms with Crippen molar-refractivity contribution in [1.29, 1.82) is 0 Å². The van der Waals surface area contributed by atoms with Crippen LogP contribution in [0.15, 0.2) is 36.7 Å². The summed E-state index contributed by atoms with van der Waals surface area (Å²) in [6, 6.07) is 8.81. The largest absolute Gasteiger partial charge is 0.490 e.